The van der Waals surface area contributed by atoms with Crippen molar-refractivity contribution in [3.05, 3.63) is 29.3 Å². The number of aryl methyl sites for hydroxylation is 2. The van der Waals surface area contributed by atoms with E-state index in [4.69, 9.17) is 4.74 Å². The third-order valence-electron chi connectivity index (χ3n) is 5.15. The van der Waals surface area contributed by atoms with E-state index in [1.54, 1.807) is 0 Å². The fraction of sp³-hybridized carbons (Fsp3) is 0.684. The van der Waals surface area contributed by atoms with Crippen LogP contribution in [0.1, 0.15) is 30.4 Å². The van der Waals surface area contributed by atoms with Gasteiger partial charge < -0.3 is 9.84 Å². The van der Waals surface area contributed by atoms with E-state index >= 15 is 0 Å². The molecule has 2 saturated heterocycles. The first kappa shape index (κ1) is 16.7. The van der Waals surface area contributed by atoms with Gasteiger partial charge in [0.25, 0.3) is 0 Å². The minimum absolute atomic E-state index is 0.370. The van der Waals surface area contributed by atoms with Crippen molar-refractivity contribution < 1.29 is 9.84 Å². The van der Waals surface area contributed by atoms with Crippen molar-refractivity contribution in [1.82, 2.24) is 9.80 Å². The van der Waals surface area contributed by atoms with Crippen LogP contribution in [0, 0.1) is 13.8 Å². The Morgan fingerprint density at radius 2 is 2.00 bits per heavy atom. The van der Waals surface area contributed by atoms with E-state index in [2.05, 4.69) is 28.9 Å². The third kappa shape index (κ3) is 4.46. The Morgan fingerprint density at radius 3 is 2.78 bits per heavy atom. The molecule has 0 aromatic heterocycles. The Bertz CT molecular complexity index is 514. The van der Waals surface area contributed by atoms with Gasteiger partial charge in [0, 0.05) is 19.1 Å². The summed E-state index contributed by atoms with van der Waals surface area (Å²) in [5.41, 5.74) is 2.31. The van der Waals surface area contributed by atoms with Gasteiger partial charge in [-0.15, -0.1) is 0 Å². The largest absolute Gasteiger partial charge is 0.491 e. The van der Waals surface area contributed by atoms with Crippen LogP contribution in [-0.2, 0) is 0 Å². The zero-order chi connectivity index (χ0) is 16.2. The third-order valence-corrected chi connectivity index (χ3v) is 5.15. The monoisotopic (exact) mass is 318 g/mol. The molecule has 2 atom stereocenters. The van der Waals surface area contributed by atoms with E-state index in [1.807, 2.05) is 13.0 Å². The number of benzene rings is 1. The molecule has 0 amide bonds. The molecule has 0 spiro atoms. The van der Waals surface area contributed by atoms with Crippen LogP contribution in [0.2, 0.25) is 0 Å². The highest BCUT2D eigenvalue weighted by molar-refractivity contribution is 5.35. The summed E-state index contributed by atoms with van der Waals surface area (Å²) in [6, 6.07) is 6.89. The van der Waals surface area contributed by atoms with E-state index in [0.29, 0.717) is 12.6 Å². The number of nitrogens with zero attached hydrogens (tertiary/aromatic N) is 2. The van der Waals surface area contributed by atoms with Crippen LogP contribution in [0.25, 0.3) is 0 Å². The molecule has 128 valence electrons. The lowest BCUT2D eigenvalue weighted by Gasteiger charge is -2.24. The molecular weight excluding hydrogens is 288 g/mol. The van der Waals surface area contributed by atoms with Gasteiger partial charge in [-0.1, -0.05) is 12.1 Å². The van der Waals surface area contributed by atoms with Crippen LogP contribution in [-0.4, -0.2) is 66.4 Å². The molecule has 2 aliphatic heterocycles. The number of hydrogen-bond donors (Lipinski definition) is 1. The summed E-state index contributed by atoms with van der Waals surface area (Å²) in [5, 5.41) is 10.3. The van der Waals surface area contributed by atoms with Crippen molar-refractivity contribution in [2.75, 3.05) is 39.3 Å². The van der Waals surface area contributed by atoms with Gasteiger partial charge in [0.15, 0.2) is 0 Å². The molecule has 1 N–H and O–H groups in total. The van der Waals surface area contributed by atoms with Gasteiger partial charge in [0.1, 0.15) is 18.5 Å². The molecule has 4 heteroatoms. The van der Waals surface area contributed by atoms with E-state index in [-0.39, 0.29) is 0 Å². The van der Waals surface area contributed by atoms with Crippen molar-refractivity contribution in [1.29, 1.82) is 0 Å². The highest BCUT2D eigenvalue weighted by Gasteiger charge is 2.29. The van der Waals surface area contributed by atoms with Gasteiger partial charge in [-0.05, 0) is 69.9 Å². The highest BCUT2D eigenvalue weighted by Crippen LogP contribution is 2.21. The number of aliphatic hydroxyl groups excluding tert-OH is 1. The molecule has 0 bridgehead atoms. The summed E-state index contributed by atoms with van der Waals surface area (Å²) < 4.78 is 5.83. The topological polar surface area (TPSA) is 35.9 Å². The summed E-state index contributed by atoms with van der Waals surface area (Å²) >= 11 is 0. The molecule has 4 nitrogen and oxygen atoms in total. The predicted molar refractivity (Wildman–Crippen MR) is 93.1 cm³/mol. The Balaban J connectivity index is 1.42. The van der Waals surface area contributed by atoms with E-state index in [9.17, 15) is 5.11 Å². The Morgan fingerprint density at radius 1 is 1.22 bits per heavy atom. The van der Waals surface area contributed by atoms with Crippen molar-refractivity contribution in [3.8, 4) is 5.75 Å². The molecule has 23 heavy (non-hydrogen) atoms. The van der Waals surface area contributed by atoms with E-state index in [0.717, 1.165) is 30.9 Å². The molecule has 0 saturated carbocycles. The molecule has 2 fully saturated rings. The van der Waals surface area contributed by atoms with Gasteiger partial charge in [-0.25, -0.2) is 0 Å². The SMILES string of the molecule is Cc1ccc(C)c(OCC(O)CN2CCC(N3CCCC3)C2)c1. The minimum Gasteiger partial charge on any atom is -0.491 e. The molecule has 0 radical (unpaired) electrons. The average Bonchev–Trinajstić information content (AvgIpc) is 3.19. The maximum absolute atomic E-state index is 10.3. The minimum atomic E-state index is -0.424. The first-order valence-electron chi connectivity index (χ1n) is 8.96. The Hall–Kier alpha value is -1.10. The predicted octanol–water partition coefficient (Wildman–Crippen LogP) is 2.21. The fourth-order valence-electron chi connectivity index (χ4n) is 3.78. The first-order valence-corrected chi connectivity index (χ1v) is 8.96. The van der Waals surface area contributed by atoms with E-state index in [1.165, 1.54) is 37.9 Å². The maximum atomic E-state index is 10.3. The fourth-order valence-corrected chi connectivity index (χ4v) is 3.78. The summed E-state index contributed by atoms with van der Waals surface area (Å²) in [5.74, 6) is 0.889. The smallest absolute Gasteiger partial charge is 0.122 e. The summed E-state index contributed by atoms with van der Waals surface area (Å²) in [4.78, 5) is 5.01. The number of likely N-dealkylation sites (tertiary alicyclic amines) is 2. The van der Waals surface area contributed by atoms with Crippen molar-refractivity contribution in [2.24, 2.45) is 0 Å². The normalized spacial score (nSPS) is 24.2. The molecular formula is C19H30N2O2. The second-order valence-corrected chi connectivity index (χ2v) is 7.18. The van der Waals surface area contributed by atoms with Crippen molar-refractivity contribution >= 4 is 0 Å². The van der Waals surface area contributed by atoms with Crippen LogP contribution < -0.4 is 4.74 Å². The van der Waals surface area contributed by atoms with Gasteiger partial charge >= 0.3 is 0 Å². The van der Waals surface area contributed by atoms with Crippen LogP contribution >= 0.6 is 0 Å². The van der Waals surface area contributed by atoms with Gasteiger partial charge in [-0.3, -0.25) is 9.80 Å². The number of rotatable bonds is 6. The highest BCUT2D eigenvalue weighted by atomic mass is 16.5. The van der Waals surface area contributed by atoms with E-state index < -0.39 is 6.10 Å². The molecule has 1 aromatic rings. The quantitative estimate of drug-likeness (QED) is 0.872. The lowest BCUT2D eigenvalue weighted by Crippen LogP contribution is -2.38. The van der Waals surface area contributed by atoms with Crippen molar-refractivity contribution in [2.45, 2.75) is 45.3 Å². The summed E-state index contributed by atoms with van der Waals surface area (Å²) in [6.07, 6.45) is 3.52. The second-order valence-electron chi connectivity index (χ2n) is 7.18. The van der Waals surface area contributed by atoms with Gasteiger partial charge in [-0.2, -0.15) is 0 Å². The first-order chi connectivity index (χ1) is 11.1. The molecule has 1 aromatic carbocycles. The standard InChI is InChI=1S/C19H30N2O2/c1-15-5-6-16(2)19(11-15)23-14-18(22)13-20-10-7-17(12-20)21-8-3-4-9-21/h5-6,11,17-18,22H,3-4,7-10,12-14H2,1-2H3. The Labute approximate surface area is 140 Å². The molecule has 3 rings (SSSR count). The summed E-state index contributed by atoms with van der Waals surface area (Å²) in [6.45, 7) is 9.91. The van der Waals surface area contributed by atoms with Crippen LogP contribution in [0.15, 0.2) is 18.2 Å². The average molecular weight is 318 g/mol. The number of β-amino-alcohol motifs (C(OH)–C–C–N with tert-alkyl or cyclic N) is 1. The zero-order valence-electron chi connectivity index (χ0n) is 14.5. The molecule has 2 heterocycles. The zero-order valence-corrected chi connectivity index (χ0v) is 14.5. The lowest BCUT2D eigenvalue weighted by atomic mass is 10.1. The van der Waals surface area contributed by atoms with Crippen molar-refractivity contribution in [3.63, 3.8) is 0 Å². The van der Waals surface area contributed by atoms with Crippen LogP contribution in [0.3, 0.4) is 0 Å². The number of aliphatic hydroxyl groups is 1. The van der Waals surface area contributed by atoms with Gasteiger partial charge in [0.05, 0.1) is 0 Å². The second kappa shape index (κ2) is 7.65. The lowest BCUT2D eigenvalue weighted by molar-refractivity contribution is 0.0730. The molecule has 2 aliphatic rings. The maximum Gasteiger partial charge on any atom is 0.122 e. The molecule has 2 unspecified atom stereocenters. The van der Waals surface area contributed by atoms with Gasteiger partial charge in [0.2, 0.25) is 0 Å². The number of hydrogen-bond acceptors (Lipinski definition) is 4. The summed E-state index contributed by atoms with van der Waals surface area (Å²) in [7, 11) is 0. The van der Waals surface area contributed by atoms with Crippen LogP contribution in [0.4, 0.5) is 0 Å². The molecule has 0 aliphatic carbocycles. The van der Waals surface area contributed by atoms with Crippen LogP contribution in [0.5, 0.6) is 5.75 Å². The number of ether oxygens (including phenoxy) is 1. The Kier molecular flexibility index (Phi) is 5.57.